The number of carbonyl (C=O) groups excluding carboxylic acids is 2. The molecule has 0 spiro atoms. The number of alkyl halides is 3. The van der Waals surface area contributed by atoms with Crippen LogP contribution in [0.3, 0.4) is 0 Å². The third-order valence-electron chi connectivity index (χ3n) is 6.24. The van der Waals surface area contributed by atoms with Crippen molar-refractivity contribution in [2.45, 2.75) is 18.6 Å². The van der Waals surface area contributed by atoms with Gasteiger partial charge < -0.3 is 4.74 Å². The fourth-order valence-corrected chi connectivity index (χ4v) is 5.28. The molecule has 12 nitrogen and oxygen atoms in total. The number of esters is 1. The number of amides is 1. The number of methoxy groups -OCH3 is 1. The Balaban J connectivity index is 1.80. The molecular weight excluding hydrogens is 626 g/mol. The first-order valence-electron chi connectivity index (χ1n) is 11.9. The van der Waals surface area contributed by atoms with Crippen LogP contribution in [0.5, 0.6) is 0 Å². The molecule has 43 heavy (non-hydrogen) atoms. The Morgan fingerprint density at radius 1 is 1.19 bits per heavy atom. The summed E-state index contributed by atoms with van der Waals surface area (Å²) in [4.78, 5) is 66.5. The molecule has 0 saturated carbocycles. The highest BCUT2D eigenvalue weighted by Gasteiger charge is 2.39. The van der Waals surface area contributed by atoms with Crippen LogP contribution in [0, 0.1) is 15.9 Å². The van der Waals surface area contributed by atoms with Crippen LogP contribution in [0.15, 0.2) is 57.0 Å². The van der Waals surface area contributed by atoms with Gasteiger partial charge in [0.05, 0.1) is 34.2 Å². The molecule has 2 heterocycles. The fourth-order valence-electron chi connectivity index (χ4n) is 4.16. The van der Waals surface area contributed by atoms with Crippen LogP contribution in [0.2, 0.25) is 5.02 Å². The number of nitro groups is 1. The van der Waals surface area contributed by atoms with E-state index >= 15 is 0 Å². The van der Waals surface area contributed by atoms with Gasteiger partial charge in [-0.25, -0.2) is 23.5 Å². The van der Waals surface area contributed by atoms with Crippen LogP contribution >= 0.6 is 23.4 Å². The summed E-state index contributed by atoms with van der Waals surface area (Å²) < 4.78 is 59.9. The molecule has 2 aromatic carbocycles. The highest BCUT2D eigenvalue weighted by molar-refractivity contribution is 8.15. The molecule has 3 aromatic rings. The van der Waals surface area contributed by atoms with Gasteiger partial charge >= 0.3 is 17.8 Å². The first kappa shape index (κ1) is 31.4. The van der Waals surface area contributed by atoms with Crippen LogP contribution in [0.25, 0.3) is 5.69 Å². The predicted molar refractivity (Wildman–Crippen MR) is 146 cm³/mol. The SMILES string of the molecule is COC(=O)C(Cc1ccc([N+](=O)[O-])cc1)N1C(=O)CSC1=Nc1cc(-n2c(=O)cc(C(F)(F)F)n(C)c2=O)c(F)cc1Cl. The summed E-state index contributed by atoms with van der Waals surface area (Å²) in [5.41, 5.74) is -5.34. The largest absolute Gasteiger partial charge is 0.467 e. The van der Waals surface area contributed by atoms with Crippen molar-refractivity contribution in [2.24, 2.45) is 12.0 Å². The second-order valence-electron chi connectivity index (χ2n) is 8.91. The monoisotopic (exact) mass is 643 g/mol. The van der Waals surface area contributed by atoms with Gasteiger partial charge in [0, 0.05) is 31.7 Å². The van der Waals surface area contributed by atoms with Crippen LogP contribution < -0.4 is 11.2 Å². The molecular formula is C25H18ClF4N5O7S. The smallest absolute Gasteiger partial charge is 0.431 e. The van der Waals surface area contributed by atoms with E-state index in [0.29, 0.717) is 11.6 Å². The maximum Gasteiger partial charge on any atom is 0.431 e. The van der Waals surface area contributed by atoms with Gasteiger partial charge in [0.15, 0.2) is 5.17 Å². The van der Waals surface area contributed by atoms with E-state index in [1.54, 1.807) is 0 Å². The van der Waals surface area contributed by atoms with Gasteiger partial charge in [0.2, 0.25) is 5.91 Å². The van der Waals surface area contributed by atoms with Gasteiger partial charge in [-0.15, -0.1) is 0 Å². The van der Waals surface area contributed by atoms with Crippen molar-refractivity contribution < 1.29 is 36.8 Å². The first-order valence-corrected chi connectivity index (χ1v) is 13.2. The number of carbonyl (C=O) groups is 2. The third-order valence-corrected chi connectivity index (χ3v) is 7.48. The van der Waals surface area contributed by atoms with Gasteiger partial charge in [-0.05, 0) is 17.7 Å². The third kappa shape index (κ3) is 6.31. The zero-order chi connectivity index (χ0) is 31.8. The topological polar surface area (TPSA) is 146 Å². The molecule has 1 amide bonds. The molecule has 0 radical (unpaired) electrons. The summed E-state index contributed by atoms with van der Waals surface area (Å²) in [7, 11) is 1.84. The lowest BCUT2D eigenvalue weighted by Crippen LogP contribution is -2.46. The predicted octanol–water partition coefficient (Wildman–Crippen LogP) is 3.60. The standard InChI is InChI=1S/C25H18ClF4N5O7S/c1-32-19(25(28,29)30)10-20(36)34(24(32)39)17-9-16(14(26)8-15(17)27)31-23-33(21(37)11-43-23)18(22(38)42-2)7-12-3-5-13(6-4-12)35(40)41/h3-6,8-10,18H,7,11H2,1-2H3. The zero-order valence-corrected chi connectivity index (χ0v) is 23.5. The zero-order valence-electron chi connectivity index (χ0n) is 21.9. The number of nitrogens with zero attached hydrogens (tertiary/aromatic N) is 5. The number of hydrogen-bond acceptors (Lipinski definition) is 9. The number of amidine groups is 1. The number of non-ortho nitro benzene ring substituents is 1. The van der Waals surface area contributed by atoms with Crippen LogP contribution in [-0.4, -0.2) is 54.9 Å². The van der Waals surface area contributed by atoms with Crippen LogP contribution in [-0.2, 0) is 34.0 Å². The van der Waals surface area contributed by atoms with Gasteiger partial charge in [0.25, 0.3) is 11.2 Å². The minimum atomic E-state index is -5.04. The molecule has 0 aliphatic carbocycles. The number of rotatable bonds is 7. The van der Waals surface area contributed by atoms with E-state index in [9.17, 15) is 46.9 Å². The lowest BCUT2D eigenvalue weighted by Gasteiger charge is -2.25. The van der Waals surface area contributed by atoms with E-state index in [1.807, 2.05) is 0 Å². The van der Waals surface area contributed by atoms with Crippen molar-refractivity contribution in [2.75, 3.05) is 12.9 Å². The molecule has 0 bridgehead atoms. The highest BCUT2D eigenvalue weighted by Crippen LogP contribution is 2.34. The van der Waals surface area contributed by atoms with Crippen molar-refractivity contribution >= 4 is 51.8 Å². The second-order valence-corrected chi connectivity index (χ2v) is 10.3. The summed E-state index contributed by atoms with van der Waals surface area (Å²) in [6.45, 7) is 0. The summed E-state index contributed by atoms with van der Waals surface area (Å²) in [5.74, 6) is -2.84. The Kier molecular flexibility index (Phi) is 8.77. The number of hydrogen-bond donors (Lipinski definition) is 0. The Morgan fingerprint density at radius 3 is 2.42 bits per heavy atom. The summed E-state index contributed by atoms with van der Waals surface area (Å²) >= 11 is 7.03. The molecule has 1 aliphatic rings. The molecule has 4 rings (SSSR count). The molecule has 1 fully saturated rings. The lowest BCUT2D eigenvalue weighted by molar-refractivity contribution is -0.384. The van der Waals surface area contributed by atoms with Crippen molar-refractivity contribution in [1.29, 1.82) is 0 Å². The van der Waals surface area contributed by atoms with Crippen molar-refractivity contribution in [3.63, 3.8) is 0 Å². The number of aromatic nitrogens is 2. The molecule has 0 N–H and O–H groups in total. The van der Waals surface area contributed by atoms with Crippen LogP contribution in [0.4, 0.5) is 28.9 Å². The average Bonchev–Trinajstić information content (AvgIpc) is 3.30. The van der Waals surface area contributed by atoms with Gasteiger partial charge in [-0.3, -0.25) is 29.2 Å². The fraction of sp³-hybridized carbons (Fsp3) is 0.240. The molecule has 18 heteroatoms. The lowest BCUT2D eigenvalue weighted by atomic mass is 10.0. The Morgan fingerprint density at radius 2 is 1.84 bits per heavy atom. The molecule has 1 aromatic heterocycles. The number of halogens is 5. The van der Waals surface area contributed by atoms with E-state index in [0.717, 1.165) is 36.9 Å². The summed E-state index contributed by atoms with van der Waals surface area (Å²) in [6.07, 6.45) is -5.18. The Labute approximate surface area is 247 Å². The minimum Gasteiger partial charge on any atom is -0.467 e. The average molecular weight is 644 g/mol. The number of ether oxygens (including phenoxy) is 1. The molecule has 1 atom stereocenters. The molecule has 1 aliphatic heterocycles. The Bertz CT molecular complexity index is 1790. The van der Waals surface area contributed by atoms with Crippen molar-refractivity contribution in [3.05, 3.63) is 95.5 Å². The van der Waals surface area contributed by atoms with Gasteiger partial charge in [0.1, 0.15) is 17.6 Å². The van der Waals surface area contributed by atoms with E-state index in [-0.39, 0.29) is 48.9 Å². The summed E-state index contributed by atoms with van der Waals surface area (Å²) in [5, 5.41) is 10.5. The van der Waals surface area contributed by atoms with E-state index in [4.69, 9.17) is 16.3 Å². The van der Waals surface area contributed by atoms with Crippen molar-refractivity contribution in [3.8, 4) is 5.69 Å². The molecule has 226 valence electrons. The van der Waals surface area contributed by atoms with Crippen molar-refractivity contribution in [1.82, 2.24) is 14.0 Å². The molecule has 1 saturated heterocycles. The van der Waals surface area contributed by atoms with Gasteiger partial charge in [-0.2, -0.15) is 13.2 Å². The van der Waals surface area contributed by atoms with E-state index < -0.39 is 57.5 Å². The normalized spacial score (nSPS) is 15.2. The molecule has 1 unspecified atom stereocenters. The second kappa shape index (κ2) is 12.0. The minimum absolute atomic E-state index is 0.102. The Hall–Kier alpha value is -4.51. The van der Waals surface area contributed by atoms with E-state index in [2.05, 4.69) is 4.99 Å². The highest BCUT2D eigenvalue weighted by atomic mass is 35.5. The maximum absolute atomic E-state index is 15.0. The quantitative estimate of drug-likeness (QED) is 0.164. The van der Waals surface area contributed by atoms with Crippen LogP contribution in [0.1, 0.15) is 11.3 Å². The summed E-state index contributed by atoms with van der Waals surface area (Å²) in [6, 6.07) is 5.57. The maximum atomic E-state index is 15.0. The number of benzene rings is 2. The number of nitro benzene ring substituents is 1. The first-order chi connectivity index (χ1) is 20.1. The van der Waals surface area contributed by atoms with Gasteiger partial charge in [-0.1, -0.05) is 35.5 Å². The van der Waals surface area contributed by atoms with E-state index in [1.165, 1.54) is 24.3 Å². The number of thioether (sulfide) groups is 1. The number of aliphatic imine (C=N–C) groups is 1.